The SMILES string of the molecule is CCCCC(CC)COCC(O)CNC1CC(OCC)C1. The van der Waals surface area contributed by atoms with Crippen LogP contribution in [0.4, 0.5) is 0 Å². The summed E-state index contributed by atoms with van der Waals surface area (Å²) >= 11 is 0. The third-order valence-corrected chi connectivity index (χ3v) is 4.35. The largest absolute Gasteiger partial charge is 0.389 e. The predicted octanol–water partition coefficient (Wildman–Crippen LogP) is 2.74. The van der Waals surface area contributed by atoms with Gasteiger partial charge in [0.2, 0.25) is 0 Å². The highest BCUT2D eigenvalue weighted by Gasteiger charge is 2.29. The molecule has 2 atom stereocenters. The van der Waals surface area contributed by atoms with Crippen molar-refractivity contribution in [3.8, 4) is 0 Å². The van der Waals surface area contributed by atoms with E-state index < -0.39 is 6.10 Å². The van der Waals surface area contributed by atoms with E-state index in [1.54, 1.807) is 0 Å². The molecule has 0 spiro atoms. The fraction of sp³-hybridized carbons (Fsp3) is 1.00. The number of ether oxygens (including phenoxy) is 2. The minimum atomic E-state index is -0.403. The Morgan fingerprint density at radius 2 is 1.95 bits per heavy atom. The summed E-state index contributed by atoms with van der Waals surface area (Å²) in [6.45, 7) is 9.11. The van der Waals surface area contributed by atoms with Crippen molar-refractivity contribution >= 4 is 0 Å². The maximum atomic E-state index is 9.93. The van der Waals surface area contributed by atoms with Crippen LogP contribution in [-0.4, -0.2) is 49.7 Å². The van der Waals surface area contributed by atoms with Gasteiger partial charge in [0, 0.05) is 25.8 Å². The minimum Gasteiger partial charge on any atom is -0.389 e. The van der Waals surface area contributed by atoms with Gasteiger partial charge in [0.25, 0.3) is 0 Å². The average molecular weight is 301 g/mol. The van der Waals surface area contributed by atoms with Crippen molar-refractivity contribution in [2.45, 2.75) is 77.5 Å². The second-order valence-electron chi connectivity index (χ2n) is 6.26. The second-order valence-corrected chi connectivity index (χ2v) is 6.26. The summed E-state index contributed by atoms with van der Waals surface area (Å²) in [6, 6.07) is 0.504. The summed E-state index contributed by atoms with van der Waals surface area (Å²) in [5.74, 6) is 0.642. The Morgan fingerprint density at radius 3 is 2.57 bits per heavy atom. The van der Waals surface area contributed by atoms with Crippen LogP contribution in [0.2, 0.25) is 0 Å². The lowest BCUT2D eigenvalue weighted by Gasteiger charge is -2.36. The molecule has 1 aliphatic carbocycles. The summed E-state index contributed by atoms with van der Waals surface area (Å²) in [5.41, 5.74) is 0. The van der Waals surface area contributed by atoms with Crippen molar-refractivity contribution in [1.29, 1.82) is 0 Å². The molecule has 4 heteroatoms. The van der Waals surface area contributed by atoms with E-state index in [1.165, 1.54) is 19.3 Å². The molecule has 0 radical (unpaired) electrons. The van der Waals surface area contributed by atoms with Crippen LogP contribution in [0, 0.1) is 5.92 Å². The van der Waals surface area contributed by atoms with E-state index in [9.17, 15) is 5.11 Å². The van der Waals surface area contributed by atoms with Crippen LogP contribution in [0.15, 0.2) is 0 Å². The Morgan fingerprint density at radius 1 is 1.19 bits per heavy atom. The van der Waals surface area contributed by atoms with Crippen LogP contribution >= 0.6 is 0 Å². The van der Waals surface area contributed by atoms with Crippen molar-refractivity contribution in [2.75, 3.05) is 26.4 Å². The monoisotopic (exact) mass is 301 g/mol. The lowest BCUT2D eigenvalue weighted by atomic mass is 9.89. The number of hydrogen-bond acceptors (Lipinski definition) is 4. The van der Waals surface area contributed by atoms with Gasteiger partial charge in [-0.1, -0.05) is 33.1 Å². The van der Waals surface area contributed by atoms with Crippen molar-refractivity contribution in [1.82, 2.24) is 5.32 Å². The zero-order valence-corrected chi connectivity index (χ0v) is 14.1. The van der Waals surface area contributed by atoms with Crippen molar-refractivity contribution in [3.05, 3.63) is 0 Å². The van der Waals surface area contributed by atoms with Gasteiger partial charge in [0.15, 0.2) is 0 Å². The fourth-order valence-electron chi connectivity index (χ4n) is 2.73. The molecule has 0 heterocycles. The van der Waals surface area contributed by atoms with E-state index >= 15 is 0 Å². The molecule has 0 bridgehead atoms. The van der Waals surface area contributed by atoms with Crippen LogP contribution in [0.1, 0.15) is 59.3 Å². The summed E-state index contributed by atoms with van der Waals surface area (Å²) < 4.78 is 11.2. The number of unbranched alkanes of at least 4 members (excludes halogenated alkanes) is 1. The van der Waals surface area contributed by atoms with Crippen molar-refractivity contribution in [2.24, 2.45) is 5.92 Å². The lowest BCUT2D eigenvalue weighted by Crippen LogP contribution is -2.48. The third kappa shape index (κ3) is 8.15. The molecule has 126 valence electrons. The van der Waals surface area contributed by atoms with E-state index in [0.29, 0.717) is 31.2 Å². The Bertz CT molecular complexity index is 244. The number of rotatable bonds is 13. The first kappa shape index (κ1) is 18.9. The number of nitrogens with one attached hydrogen (secondary N) is 1. The normalized spacial score (nSPS) is 24.6. The quantitative estimate of drug-likeness (QED) is 0.549. The van der Waals surface area contributed by atoms with Gasteiger partial charge in [-0.15, -0.1) is 0 Å². The van der Waals surface area contributed by atoms with Gasteiger partial charge in [0.1, 0.15) is 0 Å². The smallest absolute Gasteiger partial charge is 0.0897 e. The third-order valence-electron chi connectivity index (χ3n) is 4.35. The van der Waals surface area contributed by atoms with Crippen LogP contribution < -0.4 is 5.32 Å². The number of hydrogen-bond donors (Lipinski definition) is 2. The Kier molecular flexibility index (Phi) is 10.3. The Labute approximate surface area is 130 Å². The van der Waals surface area contributed by atoms with Gasteiger partial charge in [-0.2, -0.15) is 0 Å². The number of aliphatic hydroxyl groups is 1. The van der Waals surface area contributed by atoms with E-state index in [0.717, 1.165) is 32.5 Å². The average Bonchev–Trinajstić information content (AvgIpc) is 2.44. The molecule has 1 rings (SSSR count). The lowest BCUT2D eigenvalue weighted by molar-refractivity contribution is -0.0180. The molecule has 0 aromatic heterocycles. The highest BCUT2D eigenvalue weighted by Crippen LogP contribution is 2.23. The molecule has 2 N–H and O–H groups in total. The Balaban J connectivity index is 1.97. The highest BCUT2D eigenvalue weighted by atomic mass is 16.5. The fourth-order valence-corrected chi connectivity index (χ4v) is 2.73. The van der Waals surface area contributed by atoms with Gasteiger partial charge in [-0.3, -0.25) is 0 Å². The molecule has 0 amide bonds. The first-order valence-electron chi connectivity index (χ1n) is 8.80. The van der Waals surface area contributed by atoms with E-state index in [4.69, 9.17) is 9.47 Å². The molecular weight excluding hydrogens is 266 g/mol. The molecule has 0 aromatic rings. The van der Waals surface area contributed by atoms with Gasteiger partial charge < -0.3 is 19.9 Å². The van der Waals surface area contributed by atoms with Crippen molar-refractivity contribution < 1.29 is 14.6 Å². The van der Waals surface area contributed by atoms with Crippen LogP contribution in [-0.2, 0) is 9.47 Å². The predicted molar refractivity (Wildman–Crippen MR) is 86.6 cm³/mol. The van der Waals surface area contributed by atoms with Gasteiger partial charge in [-0.05, 0) is 32.1 Å². The van der Waals surface area contributed by atoms with Crippen LogP contribution in [0.25, 0.3) is 0 Å². The summed E-state index contributed by atoms with van der Waals surface area (Å²) in [4.78, 5) is 0. The number of aliphatic hydroxyl groups excluding tert-OH is 1. The Hall–Kier alpha value is -0.160. The first-order chi connectivity index (χ1) is 10.2. The maximum Gasteiger partial charge on any atom is 0.0897 e. The minimum absolute atomic E-state index is 0.403. The van der Waals surface area contributed by atoms with E-state index in [-0.39, 0.29) is 0 Å². The molecule has 1 saturated carbocycles. The summed E-state index contributed by atoms with van der Waals surface area (Å²) in [5, 5.41) is 13.3. The summed E-state index contributed by atoms with van der Waals surface area (Å²) in [7, 11) is 0. The molecule has 1 aliphatic rings. The first-order valence-corrected chi connectivity index (χ1v) is 8.80. The zero-order chi connectivity index (χ0) is 15.5. The van der Waals surface area contributed by atoms with E-state index in [2.05, 4.69) is 19.2 Å². The van der Waals surface area contributed by atoms with Gasteiger partial charge >= 0.3 is 0 Å². The molecule has 2 unspecified atom stereocenters. The highest BCUT2D eigenvalue weighted by molar-refractivity contribution is 4.86. The second kappa shape index (κ2) is 11.4. The van der Waals surface area contributed by atoms with Gasteiger partial charge in [0.05, 0.1) is 18.8 Å². The molecule has 0 saturated heterocycles. The zero-order valence-electron chi connectivity index (χ0n) is 14.1. The van der Waals surface area contributed by atoms with Crippen molar-refractivity contribution in [3.63, 3.8) is 0 Å². The van der Waals surface area contributed by atoms with Crippen LogP contribution in [0.5, 0.6) is 0 Å². The van der Waals surface area contributed by atoms with Crippen LogP contribution in [0.3, 0.4) is 0 Å². The molecule has 0 aromatic carbocycles. The topological polar surface area (TPSA) is 50.7 Å². The molecule has 1 fully saturated rings. The summed E-state index contributed by atoms with van der Waals surface area (Å²) in [6.07, 6.45) is 7.07. The standard InChI is InChI=1S/C17H35NO3/c1-4-7-8-14(5-2)12-20-13-16(19)11-18-15-9-17(10-15)21-6-3/h14-19H,4-13H2,1-3H3. The molecule has 4 nitrogen and oxygen atoms in total. The maximum absolute atomic E-state index is 9.93. The van der Waals surface area contributed by atoms with Gasteiger partial charge in [-0.25, -0.2) is 0 Å². The van der Waals surface area contributed by atoms with E-state index in [1.807, 2.05) is 6.92 Å². The molecule has 21 heavy (non-hydrogen) atoms. The molecule has 0 aliphatic heterocycles. The molecular formula is C17H35NO3.